The van der Waals surface area contributed by atoms with Gasteiger partial charge in [0.2, 0.25) is 5.95 Å². The van der Waals surface area contributed by atoms with Crippen LogP contribution in [-0.2, 0) is 6.54 Å². The van der Waals surface area contributed by atoms with Crippen LogP contribution >= 0.6 is 15.9 Å². The lowest BCUT2D eigenvalue weighted by atomic mass is 10.2. The van der Waals surface area contributed by atoms with E-state index in [0.29, 0.717) is 17.1 Å². The van der Waals surface area contributed by atoms with Gasteiger partial charge in [0.1, 0.15) is 5.82 Å². The van der Waals surface area contributed by atoms with Crippen molar-refractivity contribution in [2.24, 2.45) is 0 Å². The Labute approximate surface area is 136 Å². The first-order valence-electron chi connectivity index (χ1n) is 7.15. The van der Waals surface area contributed by atoms with Gasteiger partial charge in [-0.3, -0.25) is 0 Å². The fraction of sp³-hybridized carbons (Fsp3) is 0.312. The van der Waals surface area contributed by atoms with E-state index in [1.165, 1.54) is 12.1 Å². The third-order valence-corrected chi connectivity index (χ3v) is 4.45. The fourth-order valence-corrected chi connectivity index (χ4v) is 3.05. The van der Waals surface area contributed by atoms with Crippen LogP contribution in [0.25, 0.3) is 0 Å². The Kier molecular flexibility index (Phi) is 4.69. The second-order valence-electron chi connectivity index (χ2n) is 5.40. The van der Waals surface area contributed by atoms with Crippen molar-refractivity contribution in [2.75, 3.05) is 18.0 Å². The number of halogens is 3. The van der Waals surface area contributed by atoms with Crippen LogP contribution in [0.4, 0.5) is 14.5 Å². The maximum atomic E-state index is 13.2. The molecule has 1 aromatic heterocycles. The molecule has 1 atom stereocenters. The van der Waals surface area contributed by atoms with Crippen molar-refractivity contribution in [2.45, 2.75) is 19.0 Å². The van der Waals surface area contributed by atoms with Gasteiger partial charge in [0, 0.05) is 25.7 Å². The largest absolute Gasteiger partial charge is 0.369 e. The van der Waals surface area contributed by atoms with Gasteiger partial charge in [0.05, 0.1) is 16.4 Å². The molecule has 3 nitrogen and oxygen atoms in total. The van der Waals surface area contributed by atoms with Gasteiger partial charge in [-0.05, 0) is 52.2 Å². The Morgan fingerprint density at radius 1 is 1.27 bits per heavy atom. The summed E-state index contributed by atoms with van der Waals surface area (Å²) in [7, 11) is 0. The van der Waals surface area contributed by atoms with Crippen molar-refractivity contribution in [3.63, 3.8) is 0 Å². The molecule has 1 aliphatic heterocycles. The number of aromatic nitrogens is 1. The first kappa shape index (κ1) is 15.4. The molecule has 2 heterocycles. The molecule has 0 bridgehead atoms. The highest BCUT2D eigenvalue weighted by Gasteiger charge is 2.22. The van der Waals surface area contributed by atoms with Crippen LogP contribution in [0.1, 0.15) is 12.0 Å². The summed E-state index contributed by atoms with van der Waals surface area (Å²) in [6, 6.07) is 8.52. The SMILES string of the molecule is Fc1ccc(N2CCC(NCc3ccc(F)c(Br)c3)C2)cn1. The number of pyridine rings is 1. The van der Waals surface area contributed by atoms with Gasteiger partial charge in [0.15, 0.2) is 0 Å². The molecule has 22 heavy (non-hydrogen) atoms. The van der Waals surface area contributed by atoms with E-state index in [0.717, 1.165) is 30.8 Å². The molecule has 1 fully saturated rings. The molecule has 0 radical (unpaired) electrons. The zero-order chi connectivity index (χ0) is 15.5. The predicted octanol–water partition coefficient (Wildman–Crippen LogP) is 3.49. The number of benzene rings is 1. The summed E-state index contributed by atoms with van der Waals surface area (Å²) in [5, 5.41) is 3.48. The Morgan fingerprint density at radius 2 is 2.14 bits per heavy atom. The first-order valence-corrected chi connectivity index (χ1v) is 7.95. The Hall–Kier alpha value is -1.53. The lowest BCUT2D eigenvalue weighted by Gasteiger charge is -2.18. The highest BCUT2D eigenvalue weighted by atomic mass is 79.9. The molecule has 1 unspecified atom stereocenters. The summed E-state index contributed by atoms with van der Waals surface area (Å²) in [5.41, 5.74) is 1.98. The normalized spacial score (nSPS) is 18.0. The van der Waals surface area contributed by atoms with E-state index in [2.05, 4.69) is 31.1 Å². The monoisotopic (exact) mass is 367 g/mol. The second-order valence-corrected chi connectivity index (χ2v) is 6.25. The maximum absolute atomic E-state index is 13.2. The van der Waals surface area contributed by atoms with E-state index in [9.17, 15) is 8.78 Å². The minimum Gasteiger partial charge on any atom is -0.369 e. The minimum absolute atomic E-state index is 0.250. The van der Waals surface area contributed by atoms with Crippen LogP contribution in [0.15, 0.2) is 41.0 Å². The fourth-order valence-electron chi connectivity index (χ4n) is 2.63. The van der Waals surface area contributed by atoms with Gasteiger partial charge in [-0.15, -0.1) is 0 Å². The molecule has 0 amide bonds. The van der Waals surface area contributed by atoms with Crippen LogP contribution in [0.5, 0.6) is 0 Å². The summed E-state index contributed by atoms with van der Waals surface area (Å²) in [4.78, 5) is 5.88. The Morgan fingerprint density at radius 3 is 2.86 bits per heavy atom. The lowest BCUT2D eigenvalue weighted by Crippen LogP contribution is -2.32. The van der Waals surface area contributed by atoms with Crippen molar-refractivity contribution in [3.8, 4) is 0 Å². The van der Waals surface area contributed by atoms with Crippen LogP contribution in [-0.4, -0.2) is 24.1 Å². The lowest BCUT2D eigenvalue weighted by molar-refractivity contribution is 0.550. The molecule has 1 aromatic carbocycles. The molecule has 116 valence electrons. The van der Waals surface area contributed by atoms with Crippen LogP contribution in [0.3, 0.4) is 0 Å². The topological polar surface area (TPSA) is 28.2 Å². The Balaban J connectivity index is 1.54. The van der Waals surface area contributed by atoms with Crippen LogP contribution in [0, 0.1) is 11.8 Å². The molecular weight excluding hydrogens is 352 g/mol. The van der Waals surface area contributed by atoms with Gasteiger partial charge in [-0.2, -0.15) is 4.39 Å². The van der Waals surface area contributed by atoms with E-state index < -0.39 is 5.95 Å². The molecule has 1 saturated heterocycles. The average molecular weight is 368 g/mol. The summed E-state index contributed by atoms with van der Waals surface area (Å²) >= 11 is 3.20. The molecule has 1 N–H and O–H groups in total. The first-order chi connectivity index (χ1) is 10.6. The van der Waals surface area contributed by atoms with Gasteiger partial charge in [0.25, 0.3) is 0 Å². The summed E-state index contributed by atoms with van der Waals surface area (Å²) in [5.74, 6) is -0.709. The van der Waals surface area contributed by atoms with Gasteiger partial charge in [-0.1, -0.05) is 6.07 Å². The third kappa shape index (κ3) is 3.62. The summed E-state index contributed by atoms with van der Waals surface area (Å²) in [6.45, 7) is 2.47. The predicted molar refractivity (Wildman–Crippen MR) is 85.8 cm³/mol. The van der Waals surface area contributed by atoms with Crippen molar-refractivity contribution in [1.29, 1.82) is 0 Å². The minimum atomic E-state index is -0.459. The standard InChI is InChI=1S/C16H16BrF2N3/c17-14-7-11(1-3-15(14)18)8-20-12-5-6-22(10-12)13-2-4-16(19)21-9-13/h1-4,7,9,12,20H,5-6,8,10H2. The van der Waals surface area contributed by atoms with E-state index in [-0.39, 0.29) is 5.82 Å². The summed E-state index contributed by atoms with van der Waals surface area (Å²) < 4.78 is 26.5. The number of rotatable bonds is 4. The number of anilines is 1. The molecule has 0 aliphatic carbocycles. The molecule has 2 aromatic rings. The van der Waals surface area contributed by atoms with Crippen LogP contribution < -0.4 is 10.2 Å². The average Bonchev–Trinajstić information content (AvgIpc) is 2.98. The highest BCUT2D eigenvalue weighted by molar-refractivity contribution is 9.10. The van der Waals surface area contributed by atoms with Crippen molar-refractivity contribution < 1.29 is 8.78 Å². The van der Waals surface area contributed by atoms with Gasteiger partial charge in [-0.25, -0.2) is 9.37 Å². The molecule has 6 heteroatoms. The Bertz CT molecular complexity index is 648. The van der Waals surface area contributed by atoms with E-state index in [1.807, 2.05) is 0 Å². The molecule has 3 rings (SSSR count). The van der Waals surface area contributed by atoms with Crippen molar-refractivity contribution in [1.82, 2.24) is 10.3 Å². The van der Waals surface area contributed by atoms with Crippen molar-refractivity contribution in [3.05, 3.63) is 58.3 Å². The second kappa shape index (κ2) is 6.71. The quantitative estimate of drug-likeness (QED) is 0.838. The van der Waals surface area contributed by atoms with E-state index in [1.54, 1.807) is 24.4 Å². The smallest absolute Gasteiger partial charge is 0.212 e. The zero-order valence-electron chi connectivity index (χ0n) is 11.9. The molecular formula is C16H16BrF2N3. The van der Waals surface area contributed by atoms with Crippen LogP contribution in [0.2, 0.25) is 0 Å². The number of nitrogens with zero attached hydrogens (tertiary/aromatic N) is 2. The molecule has 0 spiro atoms. The number of hydrogen-bond acceptors (Lipinski definition) is 3. The van der Waals surface area contributed by atoms with E-state index in [4.69, 9.17) is 0 Å². The van der Waals surface area contributed by atoms with Gasteiger partial charge < -0.3 is 10.2 Å². The van der Waals surface area contributed by atoms with Crippen molar-refractivity contribution >= 4 is 21.6 Å². The van der Waals surface area contributed by atoms with Gasteiger partial charge >= 0.3 is 0 Å². The van der Waals surface area contributed by atoms with E-state index >= 15 is 0 Å². The number of nitrogens with one attached hydrogen (secondary N) is 1. The summed E-state index contributed by atoms with van der Waals surface area (Å²) in [6.07, 6.45) is 2.58. The zero-order valence-corrected chi connectivity index (χ0v) is 13.5. The number of hydrogen-bond donors (Lipinski definition) is 1. The highest BCUT2D eigenvalue weighted by Crippen LogP contribution is 2.20. The molecule has 0 saturated carbocycles. The maximum Gasteiger partial charge on any atom is 0.212 e. The third-order valence-electron chi connectivity index (χ3n) is 3.84. The molecule has 1 aliphatic rings.